The summed E-state index contributed by atoms with van der Waals surface area (Å²) in [4.78, 5) is 0. The summed E-state index contributed by atoms with van der Waals surface area (Å²) in [5.74, 6) is 1.42. The van der Waals surface area contributed by atoms with E-state index in [-0.39, 0.29) is 5.11 Å². The van der Waals surface area contributed by atoms with Crippen LogP contribution in [0.2, 0.25) is 5.02 Å². The first-order valence-electron chi connectivity index (χ1n) is 5.14. The van der Waals surface area contributed by atoms with E-state index in [4.69, 9.17) is 34.3 Å². The van der Waals surface area contributed by atoms with Gasteiger partial charge in [-0.1, -0.05) is 11.6 Å². The van der Waals surface area contributed by atoms with Gasteiger partial charge in [-0.3, -0.25) is 0 Å². The molecule has 86 valence electrons. The molecule has 0 aliphatic heterocycles. The normalized spacial score (nSPS) is 14.6. The third-order valence-corrected chi connectivity index (χ3v) is 2.77. The summed E-state index contributed by atoms with van der Waals surface area (Å²) in [5, 5.41) is 3.62. The molecule has 0 atom stereocenters. The fraction of sp³-hybridized carbons (Fsp3) is 0.364. The van der Waals surface area contributed by atoms with E-state index < -0.39 is 0 Å². The van der Waals surface area contributed by atoms with Gasteiger partial charge in [0.1, 0.15) is 5.75 Å². The van der Waals surface area contributed by atoms with Crippen LogP contribution in [0, 0.1) is 5.92 Å². The fourth-order valence-corrected chi connectivity index (χ4v) is 1.68. The first-order valence-corrected chi connectivity index (χ1v) is 5.92. The molecule has 1 aromatic rings. The Morgan fingerprint density at radius 3 is 2.88 bits per heavy atom. The lowest BCUT2D eigenvalue weighted by atomic mass is 10.3. The Balaban J connectivity index is 2.00. The molecule has 3 nitrogen and oxygen atoms in total. The standard InChI is InChI=1S/C11H13ClN2OS/c12-9-5-8(14-11(13)16)3-4-10(9)15-6-7-1-2-7/h3-5,7H,1-2,6H2,(H3,13,14,16). The molecule has 0 unspecified atom stereocenters. The Bertz CT molecular complexity index is 407. The van der Waals surface area contributed by atoms with Crippen molar-refractivity contribution in [2.75, 3.05) is 11.9 Å². The SMILES string of the molecule is NC(=S)Nc1ccc(OCC2CC2)c(Cl)c1. The summed E-state index contributed by atoms with van der Waals surface area (Å²) >= 11 is 10.8. The molecule has 1 saturated carbocycles. The number of rotatable bonds is 4. The van der Waals surface area contributed by atoms with Crippen molar-refractivity contribution in [2.24, 2.45) is 11.7 Å². The molecule has 3 N–H and O–H groups in total. The van der Waals surface area contributed by atoms with E-state index in [1.807, 2.05) is 12.1 Å². The smallest absolute Gasteiger partial charge is 0.168 e. The van der Waals surface area contributed by atoms with Gasteiger partial charge in [0.05, 0.1) is 11.6 Å². The van der Waals surface area contributed by atoms with E-state index >= 15 is 0 Å². The Hall–Kier alpha value is -1.00. The van der Waals surface area contributed by atoms with Crippen molar-refractivity contribution in [3.63, 3.8) is 0 Å². The summed E-state index contributed by atoms with van der Waals surface area (Å²) in [5.41, 5.74) is 6.14. The Morgan fingerprint density at radius 2 is 2.31 bits per heavy atom. The van der Waals surface area contributed by atoms with E-state index in [1.165, 1.54) is 12.8 Å². The van der Waals surface area contributed by atoms with Crippen molar-refractivity contribution < 1.29 is 4.74 Å². The second-order valence-electron chi connectivity index (χ2n) is 3.89. The van der Waals surface area contributed by atoms with Crippen molar-refractivity contribution in [3.8, 4) is 5.75 Å². The number of thiocarbonyl (C=S) groups is 1. The van der Waals surface area contributed by atoms with Gasteiger partial charge < -0.3 is 15.8 Å². The van der Waals surface area contributed by atoms with E-state index in [9.17, 15) is 0 Å². The van der Waals surface area contributed by atoms with Crippen LogP contribution in [0.3, 0.4) is 0 Å². The molecule has 5 heteroatoms. The highest BCUT2D eigenvalue weighted by atomic mass is 35.5. The number of nitrogens with two attached hydrogens (primary N) is 1. The highest BCUT2D eigenvalue weighted by Gasteiger charge is 2.22. The largest absolute Gasteiger partial charge is 0.492 e. The number of nitrogens with one attached hydrogen (secondary N) is 1. The number of halogens is 1. The minimum atomic E-state index is 0.225. The Kier molecular flexibility index (Phi) is 3.51. The average Bonchev–Trinajstić information content (AvgIpc) is 2.99. The maximum Gasteiger partial charge on any atom is 0.168 e. The molecular formula is C11H13ClN2OS. The molecular weight excluding hydrogens is 244 g/mol. The van der Waals surface area contributed by atoms with Crippen LogP contribution in [0.5, 0.6) is 5.75 Å². The summed E-state index contributed by atoms with van der Waals surface area (Å²) in [7, 11) is 0. The first-order chi connectivity index (χ1) is 7.65. The van der Waals surface area contributed by atoms with Gasteiger partial charge in [0.25, 0.3) is 0 Å². The summed E-state index contributed by atoms with van der Waals surface area (Å²) < 4.78 is 5.60. The van der Waals surface area contributed by atoms with Crippen LogP contribution < -0.4 is 15.8 Å². The van der Waals surface area contributed by atoms with Crippen LogP contribution >= 0.6 is 23.8 Å². The van der Waals surface area contributed by atoms with Gasteiger partial charge in [-0.25, -0.2) is 0 Å². The number of hydrogen-bond donors (Lipinski definition) is 2. The lowest BCUT2D eigenvalue weighted by Crippen LogP contribution is -2.18. The third kappa shape index (κ3) is 3.25. The zero-order valence-electron chi connectivity index (χ0n) is 8.70. The van der Waals surface area contributed by atoms with Crippen LogP contribution in [0.25, 0.3) is 0 Å². The van der Waals surface area contributed by atoms with Crippen molar-refractivity contribution >= 4 is 34.6 Å². The molecule has 0 amide bonds. The van der Waals surface area contributed by atoms with Crippen LogP contribution in [-0.4, -0.2) is 11.7 Å². The highest BCUT2D eigenvalue weighted by Crippen LogP contribution is 2.32. The molecule has 2 rings (SSSR count). The Labute approximate surface area is 105 Å². The number of benzene rings is 1. The second-order valence-corrected chi connectivity index (χ2v) is 4.74. The number of hydrogen-bond acceptors (Lipinski definition) is 2. The lowest BCUT2D eigenvalue weighted by Gasteiger charge is -2.09. The predicted molar refractivity (Wildman–Crippen MR) is 70.1 cm³/mol. The number of ether oxygens (including phenoxy) is 1. The maximum absolute atomic E-state index is 6.07. The Morgan fingerprint density at radius 1 is 1.56 bits per heavy atom. The van der Waals surface area contributed by atoms with Crippen molar-refractivity contribution in [1.29, 1.82) is 0 Å². The topological polar surface area (TPSA) is 47.3 Å². The van der Waals surface area contributed by atoms with Gasteiger partial charge in [-0.2, -0.15) is 0 Å². The summed E-state index contributed by atoms with van der Waals surface area (Å²) in [6.45, 7) is 0.752. The quantitative estimate of drug-likeness (QED) is 0.814. The van der Waals surface area contributed by atoms with Gasteiger partial charge in [-0.15, -0.1) is 0 Å². The maximum atomic E-state index is 6.07. The van der Waals surface area contributed by atoms with Gasteiger partial charge in [0.2, 0.25) is 0 Å². The zero-order chi connectivity index (χ0) is 11.5. The molecule has 1 fully saturated rings. The molecule has 0 heterocycles. The first kappa shape index (κ1) is 11.5. The molecule has 16 heavy (non-hydrogen) atoms. The second kappa shape index (κ2) is 4.89. The van der Waals surface area contributed by atoms with E-state index in [0.717, 1.165) is 12.3 Å². The van der Waals surface area contributed by atoms with E-state index in [2.05, 4.69) is 5.32 Å². The fourth-order valence-electron chi connectivity index (χ4n) is 1.33. The molecule has 1 aromatic carbocycles. The molecule has 1 aliphatic carbocycles. The van der Waals surface area contributed by atoms with Gasteiger partial charge in [-0.05, 0) is 49.2 Å². The van der Waals surface area contributed by atoms with Crippen LogP contribution in [0.1, 0.15) is 12.8 Å². The van der Waals surface area contributed by atoms with Gasteiger partial charge in [0.15, 0.2) is 5.11 Å². The summed E-state index contributed by atoms with van der Waals surface area (Å²) in [6, 6.07) is 5.42. The van der Waals surface area contributed by atoms with Crippen molar-refractivity contribution in [3.05, 3.63) is 23.2 Å². The van der Waals surface area contributed by atoms with Gasteiger partial charge >= 0.3 is 0 Å². The number of anilines is 1. The molecule has 0 spiro atoms. The van der Waals surface area contributed by atoms with Crippen molar-refractivity contribution in [2.45, 2.75) is 12.8 Å². The third-order valence-electron chi connectivity index (χ3n) is 2.37. The highest BCUT2D eigenvalue weighted by molar-refractivity contribution is 7.80. The predicted octanol–water partition coefficient (Wildman–Crippen LogP) is 2.78. The lowest BCUT2D eigenvalue weighted by molar-refractivity contribution is 0.300. The molecule has 0 bridgehead atoms. The monoisotopic (exact) mass is 256 g/mol. The van der Waals surface area contributed by atoms with Crippen LogP contribution in [-0.2, 0) is 0 Å². The minimum absolute atomic E-state index is 0.225. The van der Waals surface area contributed by atoms with Crippen molar-refractivity contribution in [1.82, 2.24) is 0 Å². The van der Waals surface area contributed by atoms with Gasteiger partial charge in [0, 0.05) is 5.69 Å². The molecule has 0 saturated heterocycles. The molecule has 1 aliphatic rings. The van der Waals surface area contributed by atoms with E-state index in [0.29, 0.717) is 16.7 Å². The average molecular weight is 257 g/mol. The van der Waals surface area contributed by atoms with E-state index in [1.54, 1.807) is 6.07 Å². The summed E-state index contributed by atoms with van der Waals surface area (Å²) in [6.07, 6.45) is 2.53. The molecule has 0 radical (unpaired) electrons. The van der Waals surface area contributed by atoms with Crippen LogP contribution in [0.4, 0.5) is 5.69 Å². The zero-order valence-corrected chi connectivity index (χ0v) is 10.3. The molecule has 0 aromatic heterocycles. The minimum Gasteiger partial charge on any atom is -0.492 e. The van der Waals surface area contributed by atoms with Crippen LogP contribution in [0.15, 0.2) is 18.2 Å².